The van der Waals surface area contributed by atoms with Crippen LogP contribution >= 0.6 is 45.8 Å². The summed E-state index contributed by atoms with van der Waals surface area (Å²) in [4.78, 5) is 3.96. The molecule has 1 heterocycles. The zero-order valence-electron chi connectivity index (χ0n) is 9.27. The summed E-state index contributed by atoms with van der Waals surface area (Å²) in [6, 6.07) is 7.43. The van der Waals surface area contributed by atoms with Gasteiger partial charge in [-0.05, 0) is 52.9 Å². The highest BCUT2D eigenvalue weighted by molar-refractivity contribution is 14.1. The van der Waals surface area contributed by atoms with E-state index in [0.717, 1.165) is 3.57 Å². The van der Waals surface area contributed by atoms with E-state index in [2.05, 4.69) is 32.3 Å². The van der Waals surface area contributed by atoms with E-state index in [1.54, 1.807) is 18.3 Å². The fraction of sp³-hybridized carbons (Fsp3) is 0. The Morgan fingerprint density at radius 2 is 1.74 bits per heavy atom. The highest BCUT2D eigenvalue weighted by Crippen LogP contribution is 2.23. The van der Waals surface area contributed by atoms with Gasteiger partial charge in [-0.2, -0.15) is 0 Å². The molecule has 8 heteroatoms. The van der Waals surface area contributed by atoms with Crippen molar-refractivity contribution in [2.24, 2.45) is 0 Å². The Kier molecular flexibility index (Phi) is 4.54. The molecule has 1 N–H and O–H groups in total. The number of hydrogen-bond donors (Lipinski definition) is 1. The molecule has 100 valence electrons. The van der Waals surface area contributed by atoms with Crippen molar-refractivity contribution in [3.63, 3.8) is 0 Å². The van der Waals surface area contributed by atoms with Crippen LogP contribution in [0.5, 0.6) is 0 Å². The van der Waals surface area contributed by atoms with E-state index in [0.29, 0.717) is 0 Å². The summed E-state index contributed by atoms with van der Waals surface area (Å²) in [5.41, 5.74) is 0. The zero-order valence-corrected chi connectivity index (χ0v) is 13.8. The lowest BCUT2D eigenvalue weighted by Gasteiger charge is -2.08. The van der Waals surface area contributed by atoms with Crippen LogP contribution in [0.1, 0.15) is 0 Å². The second-order valence-electron chi connectivity index (χ2n) is 3.57. The number of nitrogens with zero attached hydrogens (tertiary/aromatic N) is 1. The van der Waals surface area contributed by atoms with Gasteiger partial charge in [-0.1, -0.05) is 23.2 Å². The van der Waals surface area contributed by atoms with Gasteiger partial charge in [0.15, 0.2) is 0 Å². The van der Waals surface area contributed by atoms with Crippen molar-refractivity contribution in [1.82, 2.24) is 4.98 Å². The number of benzene rings is 1. The van der Waals surface area contributed by atoms with Gasteiger partial charge in [-0.3, -0.25) is 4.72 Å². The van der Waals surface area contributed by atoms with Crippen molar-refractivity contribution in [3.8, 4) is 0 Å². The lowest BCUT2D eigenvalue weighted by molar-refractivity contribution is 0.601. The van der Waals surface area contributed by atoms with E-state index >= 15 is 0 Å². The third-order valence-electron chi connectivity index (χ3n) is 2.11. The normalized spacial score (nSPS) is 11.3. The molecular formula is C11H7Cl2IN2O2S. The molecule has 0 bridgehead atoms. The molecule has 0 saturated heterocycles. The molecule has 0 saturated carbocycles. The first-order valence-electron chi connectivity index (χ1n) is 4.97. The maximum absolute atomic E-state index is 12.1. The van der Waals surface area contributed by atoms with E-state index in [1.165, 1.54) is 18.2 Å². The molecule has 1 aromatic carbocycles. The Bertz CT molecular complexity index is 685. The minimum absolute atomic E-state index is 0.00894. The summed E-state index contributed by atoms with van der Waals surface area (Å²) < 4.78 is 27.5. The minimum atomic E-state index is -3.76. The first-order valence-corrected chi connectivity index (χ1v) is 8.29. The molecule has 0 spiro atoms. The van der Waals surface area contributed by atoms with Crippen molar-refractivity contribution in [2.75, 3.05) is 4.72 Å². The molecule has 1 aromatic heterocycles. The number of pyridine rings is 1. The van der Waals surface area contributed by atoms with Crippen molar-refractivity contribution in [2.45, 2.75) is 4.90 Å². The van der Waals surface area contributed by atoms with Crippen LogP contribution < -0.4 is 4.72 Å². The first-order chi connectivity index (χ1) is 8.87. The van der Waals surface area contributed by atoms with Gasteiger partial charge in [0, 0.05) is 19.8 Å². The Morgan fingerprint density at radius 1 is 1.11 bits per heavy atom. The second kappa shape index (κ2) is 5.82. The summed E-state index contributed by atoms with van der Waals surface area (Å²) in [6.07, 6.45) is 1.56. The fourth-order valence-electron chi connectivity index (χ4n) is 1.32. The summed E-state index contributed by atoms with van der Waals surface area (Å²) in [6.45, 7) is 0. The predicted octanol–water partition coefficient (Wildman–Crippen LogP) is 3.79. The maximum atomic E-state index is 12.1. The molecular weight excluding hydrogens is 422 g/mol. The highest BCUT2D eigenvalue weighted by atomic mass is 127. The molecule has 2 rings (SSSR count). The fourth-order valence-corrected chi connectivity index (χ4v) is 3.37. The van der Waals surface area contributed by atoms with Crippen LogP contribution in [0.25, 0.3) is 0 Å². The number of aromatic nitrogens is 1. The molecule has 0 aliphatic rings. The number of sulfonamides is 1. The zero-order chi connectivity index (χ0) is 14.0. The van der Waals surface area contributed by atoms with E-state index in [9.17, 15) is 8.42 Å². The van der Waals surface area contributed by atoms with Gasteiger partial charge in [-0.25, -0.2) is 13.4 Å². The third kappa shape index (κ3) is 3.95. The topological polar surface area (TPSA) is 59.1 Å². The van der Waals surface area contributed by atoms with E-state index in [4.69, 9.17) is 23.2 Å². The monoisotopic (exact) mass is 428 g/mol. The molecule has 2 aromatic rings. The lowest BCUT2D eigenvalue weighted by Crippen LogP contribution is -2.13. The van der Waals surface area contributed by atoms with Crippen LogP contribution in [0, 0.1) is 3.57 Å². The third-order valence-corrected chi connectivity index (χ3v) is 4.52. The van der Waals surface area contributed by atoms with Gasteiger partial charge in [0.2, 0.25) is 0 Å². The second-order valence-corrected chi connectivity index (χ2v) is 7.37. The number of rotatable bonds is 3. The van der Waals surface area contributed by atoms with Gasteiger partial charge in [-0.15, -0.1) is 0 Å². The van der Waals surface area contributed by atoms with Crippen molar-refractivity contribution >= 4 is 61.6 Å². The largest absolute Gasteiger partial charge is 0.263 e. The van der Waals surface area contributed by atoms with Crippen LogP contribution in [-0.2, 0) is 10.0 Å². The molecule has 0 amide bonds. The highest BCUT2D eigenvalue weighted by Gasteiger charge is 2.16. The molecule has 0 aliphatic carbocycles. The average molecular weight is 429 g/mol. The van der Waals surface area contributed by atoms with E-state index in [1.807, 2.05) is 0 Å². The van der Waals surface area contributed by atoms with E-state index < -0.39 is 10.0 Å². The summed E-state index contributed by atoms with van der Waals surface area (Å²) >= 11 is 13.7. The molecule has 4 nitrogen and oxygen atoms in total. The van der Waals surface area contributed by atoms with Gasteiger partial charge in [0.1, 0.15) is 5.82 Å². The molecule has 0 radical (unpaired) electrons. The lowest BCUT2D eigenvalue weighted by atomic mass is 10.4. The Balaban J connectivity index is 2.34. The van der Waals surface area contributed by atoms with E-state index in [-0.39, 0.29) is 20.8 Å². The van der Waals surface area contributed by atoms with Crippen LogP contribution in [0.2, 0.25) is 10.0 Å². The number of halogens is 3. The number of nitrogens with one attached hydrogen (secondary N) is 1. The molecule has 19 heavy (non-hydrogen) atoms. The van der Waals surface area contributed by atoms with Crippen LogP contribution in [0.4, 0.5) is 5.82 Å². The minimum Gasteiger partial charge on any atom is -0.263 e. The smallest absolute Gasteiger partial charge is 0.263 e. The Hall–Kier alpha value is -0.570. The Labute approximate surface area is 134 Å². The van der Waals surface area contributed by atoms with Gasteiger partial charge >= 0.3 is 0 Å². The van der Waals surface area contributed by atoms with Crippen LogP contribution in [-0.4, -0.2) is 13.4 Å². The standard InChI is InChI=1S/C11H7Cl2IN2O2S/c12-7-3-8(13)5-10(4-7)19(17,18)16-11-2-1-9(14)6-15-11/h1-6H,(H,15,16). The molecule has 0 unspecified atom stereocenters. The summed E-state index contributed by atoms with van der Waals surface area (Å²) in [5, 5.41) is 0.506. The first kappa shape index (κ1) is 14.8. The number of hydrogen-bond acceptors (Lipinski definition) is 3. The van der Waals surface area contributed by atoms with Gasteiger partial charge < -0.3 is 0 Å². The predicted molar refractivity (Wildman–Crippen MR) is 84.2 cm³/mol. The maximum Gasteiger partial charge on any atom is 0.263 e. The van der Waals surface area contributed by atoms with Crippen molar-refractivity contribution in [3.05, 3.63) is 50.1 Å². The van der Waals surface area contributed by atoms with Crippen molar-refractivity contribution in [1.29, 1.82) is 0 Å². The SMILES string of the molecule is O=S(=O)(Nc1ccc(I)cn1)c1cc(Cl)cc(Cl)c1. The van der Waals surface area contributed by atoms with Crippen molar-refractivity contribution < 1.29 is 8.42 Å². The summed E-state index contributed by atoms with van der Waals surface area (Å²) in [7, 11) is -3.76. The molecule has 0 fully saturated rings. The average Bonchev–Trinajstić information content (AvgIpc) is 2.31. The van der Waals surface area contributed by atoms with Crippen LogP contribution in [0.15, 0.2) is 41.4 Å². The molecule has 0 atom stereocenters. The van der Waals surface area contributed by atoms with Gasteiger partial charge in [0.25, 0.3) is 10.0 Å². The summed E-state index contributed by atoms with van der Waals surface area (Å²) in [5.74, 6) is 0.233. The Morgan fingerprint density at radius 3 is 2.26 bits per heavy atom. The molecule has 0 aliphatic heterocycles. The quantitative estimate of drug-likeness (QED) is 0.756. The van der Waals surface area contributed by atoms with Gasteiger partial charge in [0.05, 0.1) is 4.90 Å². The number of anilines is 1. The van der Waals surface area contributed by atoms with Crippen LogP contribution in [0.3, 0.4) is 0 Å².